The van der Waals surface area contributed by atoms with Crippen LogP contribution in [-0.2, 0) is 4.79 Å². The number of rotatable bonds is 3. The summed E-state index contributed by atoms with van der Waals surface area (Å²) in [6.07, 6.45) is 0.525. The first kappa shape index (κ1) is 10.9. The zero-order valence-corrected chi connectivity index (χ0v) is 9.51. The van der Waals surface area contributed by atoms with Gasteiger partial charge >= 0.3 is 0 Å². The summed E-state index contributed by atoms with van der Waals surface area (Å²) >= 11 is 4.87. The molecule has 0 spiro atoms. The summed E-state index contributed by atoms with van der Waals surface area (Å²) in [5.41, 5.74) is 7.32. The van der Waals surface area contributed by atoms with Crippen molar-refractivity contribution in [3.8, 4) is 0 Å². The summed E-state index contributed by atoms with van der Waals surface area (Å²) in [5.74, 6) is 0.0947. The van der Waals surface area contributed by atoms with E-state index < -0.39 is 0 Å². The highest BCUT2D eigenvalue weighted by molar-refractivity contribution is 7.80. The van der Waals surface area contributed by atoms with E-state index >= 15 is 0 Å². The quantitative estimate of drug-likeness (QED) is 0.672. The van der Waals surface area contributed by atoms with E-state index in [1.54, 1.807) is 0 Å². The van der Waals surface area contributed by atoms with Gasteiger partial charge in [0.25, 0.3) is 0 Å². The average molecular weight is 235 g/mol. The molecule has 1 heterocycles. The van der Waals surface area contributed by atoms with Crippen LogP contribution in [0.25, 0.3) is 0 Å². The Hall–Kier alpha value is -1.62. The molecule has 16 heavy (non-hydrogen) atoms. The molecule has 0 saturated carbocycles. The molecule has 1 aromatic carbocycles. The van der Waals surface area contributed by atoms with E-state index in [0.717, 1.165) is 11.3 Å². The lowest BCUT2D eigenvalue weighted by molar-refractivity contribution is -0.119. The van der Waals surface area contributed by atoms with Crippen molar-refractivity contribution in [1.29, 1.82) is 0 Å². The molecule has 84 valence electrons. The maximum absolute atomic E-state index is 11.0. The number of nitrogens with one attached hydrogen (secondary N) is 2. The lowest BCUT2D eigenvalue weighted by Gasteiger charge is -2.12. The Morgan fingerprint density at radius 2 is 2.12 bits per heavy atom. The van der Waals surface area contributed by atoms with Gasteiger partial charge in [-0.05, 0) is 24.3 Å². The van der Waals surface area contributed by atoms with Crippen LogP contribution in [0.15, 0.2) is 24.3 Å². The normalized spacial score (nSPS) is 19.2. The number of hydrogen-bond acceptors (Lipinski definition) is 3. The van der Waals surface area contributed by atoms with Crippen LogP contribution in [0.2, 0.25) is 0 Å². The molecule has 1 aliphatic heterocycles. The molecular weight excluding hydrogens is 222 g/mol. The number of benzene rings is 1. The number of amides is 1. The molecule has 1 unspecified atom stereocenters. The fraction of sp³-hybridized carbons (Fsp3) is 0.273. The van der Waals surface area contributed by atoms with Gasteiger partial charge in [0, 0.05) is 24.2 Å². The van der Waals surface area contributed by atoms with Gasteiger partial charge in [-0.15, -0.1) is 0 Å². The van der Waals surface area contributed by atoms with Crippen LogP contribution < -0.4 is 16.4 Å². The molecule has 1 fully saturated rings. The molecule has 0 bridgehead atoms. The minimum Gasteiger partial charge on any atom is -0.389 e. The molecule has 5 heteroatoms. The van der Waals surface area contributed by atoms with Crippen LogP contribution >= 0.6 is 12.2 Å². The van der Waals surface area contributed by atoms with Gasteiger partial charge in [-0.25, -0.2) is 0 Å². The van der Waals surface area contributed by atoms with Crippen molar-refractivity contribution < 1.29 is 4.79 Å². The lowest BCUT2D eigenvalue weighted by atomic mass is 10.2. The van der Waals surface area contributed by atoms with Crippen molar-refractivity contribution in [3.05, 3.63) is 29.8 Å². The third-order valence-corrected chi connectivity index (χ3v) is 2.75. The predicted octanol–water partition coefficient (Wildman–Crippen LogP) is 0.621. The molecule has 0 radical (unpaired) electrons. The van der Waals surface area contributed by atoms with Crippen LogP contribution in [0.3, 0.4) is 0 Å². The monoisotopic (exact) mass is 235 g/mol. The molecule has 4 nitrogen and oxygen atoms in total. The molecule has 1 atom stereocenters. The fourth-order valence-corrected chi connectivity index (χ4v) is 1.81. The van der Waals surface area contributed by atoms with Gasteiger partial charge in [0.2, 0.25) is 5.91 Å². The highest BCUT2D eigenvalue weighted by atomic mass is 32.1. The van der Waals surface area contributed by atoms with Gasteiger partial charge in [-0.1, -0.05) is 12.2 Å². The van der Waals surface area contributed by atoms with E-state index in [9.17, 15) is 4.79 Å². The first-order chi connectivity index (χ1) is 7.65. The third kappa shape index (κ3) is 2.49. The molecule has 1 aromatic rings. The second-order valence-electron chi connectivity index (χ2n) is 3.79. The maximum atomic E-state index is 11.0. The van der Waals surface area contributed by atoms with Gasteiger partial charge in [0.05, 0.1) is 6.04 Å². The highest BCUT2D eigenvalue weighted by Crippen LogP contribution is 2.13. The average Bonchev–Trinajstić information content (AvgIpc) is 2.65. The second-order valence-corrected chi connectivity index (χ2v) is 4.23. The van der Waals surface area contributed by atoms with Crippen LogP contribution in [0.1, 0.15) is 12.0 Å². The number of thiocarbonyl (C=S) groups is 1. The number of anilines is 1. The minimum atomic E-state index is 0.0947. The molecule has 1 saturated heterocycles. The molecule has 4 N–H and O–H groups in total. The highest BCUT2D eigenvalue weighted by Gasteiger charge is 2.20. The molecule has 0 aliphatic carbocycles. The van der Waals surface area contributed by atoms with Crippen molar-refractivity contribution in [2.24, 2.45) is 5.73 Å². The third-order valence-electron chi connectivity index (χ3n) is 2.52. The van der Waals surface area contributed by atoms with Gasteiger partial charge in [-0.2, -0.15) is 0 Å². The number of carbonyl (C=O) groups is 1. The van der Waals surface area contributed by atoms with E-state index in [2.05, 4.69) is 10.6 Å². The summed E-state index contributed by atoms with van der Waals surface area (Å²) in [5, 5.41) is 6.05. The van der Waals surface area contributed by atoms with E-state index in [1.165, 1.54) is 0 Å². The van der Waals surface area contributed by atoms with Gasteiger partial charge in [0.1, 0.15) is 4.99 Å². The Kier molecular flexibility index (Phi) is 3.05. The lowest BCUT2D eigenvalue weighted by Crippen LogP contribution is -2.22. The Bertz CT molecular complexity index is 416. The number of nitrogens with two attached hydrogens (primary N) is 1. The topological polar surface area (TPSA) is 67.2 Å². The molecule has 2 rings (SSSR count). The summed E-state index contributed by atoms with van der Waals surface area (Å²) in [4.78, 5) is 11.4. The molecular formula is C11H13N3OS. The largest absolute Gasteiger partial charge is 0.389 e. The molecule has 0 aromatic heterocycles. The summed E-state index contributed by atoms with van der Waals surface area (Å²) < 4.78 is 0. The Morgan fingerprint density at radius 1 is 1.44 bits per heavy atom. The second kappa shape index (κ2) is 4.49. The Balaban J connectivity index is 2.00. The Morgan fingerprint density at radius 3 is 2.62 bits per heavy atom. The van der Waals surface area contributed by atoms with Gasteiger partial charge in [-0.3, -0.25) is 4.79 Å². The van der Waals surface area contributed by atoms with Crippen LogP contribution in [0.5, 0.6) is 0 Å². The maximum Gasteiger partial charge on any atom is 0.222 e. The smallest absolute Gasteiger partial charge is 0.222 e. The standard InChI is InChI=1S/C11H13N3OS/c12-11(16)7-1-3-8(4-2-7)14-9-5-10(15)13-6-9/h1-4,9,14H,5-6H2,(H2,12,16)(H,13,15). The first-order valence-electron chi connectivity index (χ1n) is 5.08. The van der Waals surface area contributed by atoms with Crippen molar-refractivity contribution in [1.82, 2.24) is 5.32 Å². The van der Waals surface area contributed by atoms with Crippen LogP contribution in [0.4, 0.5) is 5.69 Å². The zero-order valence-electron chi connectivity index (χ0n) is 8.69. The van der Waals surface area contributed by atoms with Crippen molar-refractivity contribution in [3.63, 3.8) is 0 Å². The van der Waals surface area contributed by atoms with Crippen molar-refractivity contribution in [2.75, 3.05) is 11.9 Å². The van der Waals surface area contributed by atoms with E-state index in [4.69, 9.17) is 18.0 Å². The minimum absolute atomic E-state index is 0.0947. The Labute approximate surface area is 99.2 Å². The number of hydrogen-bond donors (Lipinski definition) is 3. The van der Waals surface area contributed by atoms with Crippen molar-refractivity contribution in [2.45, 2.75) is 12.5 Å². The fourth-order valence-electron chi connectivity index (χ4n) is 1.67. The van der Waals surface area contributed by atoms with Crippen LogP contribution in [-0.4, -0.2) is 23.5 Å². The van der Waals surface area contributed by atoms with Crippen molar-refractivity contribution >= 4 is 28.8 Å². The summed E-state index contributed by atoms with van der Waals surface area (Å²) in [6.45, 7) is 0.676. The first-order valence-corrected chi connectivity index (χ1v) is 5.49. The van der Waals surface area contributed by atoms with E-state index in [-0.39, 0.29) is 11.9 Å². The molecule has 1 amide bonds. The predicted molar refractivity (Wildman–Crippen MR) is 67.4 cm³/mol. The van der Waals surface area contributed by atoms with Gasteiger partial charge < -0.3 is 16.4 Å². The van der Waals surface area contributed by atoms with Gasteiger partial charge in [0.15, 0.2) is 0 Å². The molecule has 1 aliphatic rings. The van der Waals surface area contributed by atoms with E-state index in [0.29, 0.717) is 18.0 Å². The van der Waals surface area contributed by atoms with E-state index in [1.807, 2.05) is 24.3 Å². The summed E-state index contributed by atoms with van der Waals surface area (Å²) in [6, 6.07) is 7.74. The summed E-state index contributed by atoms with van der Waals surface area (Å²) in [7, 11) is 0. The van der Waals surface area contributed by atoms with Crippen LogP contribution in [0, 0.1) is 0 Å². The SMILES string of the molecule is NC(=S)c1ccc(NC2CNC(=O)C2)cc1. The number of carbonyl (C=O) groups excluding carboxylic acids is 1. The zero-order chi connectivity index (χ0) is 11.5.